The van der Waals surface area contributed by atoms with Gasteiger partial charge in [-0.25, -0.2) is 9.97 Å². The van der Waals surface area contributed by atoms with E-state index in [2.05, 4.69) is 25.6 Å². The number of halogens is 1. The molecule has 3 rings (SSSR count). The van der Waals surface area contributed by atoms with Gasteiger partial charge in [-0.1, -0.05) is 0 Å². The molecule has 0 aliphatic carbocycles. The lowest BCUT2D eigenvalue weighted by atomic mass is 10.1. The molecular formula is C15H17FN6O. The van der Waals surface area contributed by atoms with Crippen molar-refractivity contribution in [3.05, 3.63) is 30.5 Å². The van der Waals surface area contributed by atoms with Gasteiger partial charge in [0.2, 0.25) is 17.8 Å². The molecule has 0 saturated carbocycles. The van der Waals surface area contributed by atoms with E-state index in [1.807, 2.05) is 0 Å². The number of aromatic nitrogens is 3. The summed E-state index contributed by atoms with van der Waals surface area (Å²) in [5.41, 5.74) is 6.92. The topological polar surface area (TPSA) is 106 Å². The van der Waals surface area contributed by atoms with E-state index in [0.29, 0.717) is 29.9 Å². The minimum absolute atomic E-state index is 0.0668. The Kier molecular flexibility index (Phi) is 4.31. The molecule has 1 saturated heterocycles. The third-order valence-electron chi connectivity index (χ3n) is 3.69. The van der Waals surface area contributed by atoms with Crippen molar-refractivity contribution < 1.29 is 9.18 Å². The van der Waals surface area contributed by atoms with Gasteiger partial charge in [0, 0.05) is 30.1 Å². The molecule has 1 atom stereocenters. The fourth-order valence-corrected chi connectivity index (χ4v) is 2.49. The second-order valence-corrected chi connectivity index (χ2v) is 5.34. The minimum atomic E-state index is -0.567. The Balaban J connectivity index is 1.92. The summed E-state index contributed by atoms with van der Waals surface area (Å²) in [4.78, 5) is 23.9. The lowest BCUT2D eigenvalue weighted by Crippen LogP contribution is -2.38. The van der Waals surface area contributed by atoms with E-state index >= 15 is 0 Å². The van der Waals surface area contributed by atoms with Crippen LogP contribution in [0.25, 0.3) is 11.1 Å². The van der Waals surface area contributed by atoms with Crippen LogP contribution in [0.15, 0.2) is 24.5 Å². The van der Waals surface area contributed by atoms with Crippen LogP contribution in [0, 0.1) is 5.95 Å². The number of nitrogens with one attached hydrogen (secondary N) is 2. The van der Waals surface area contributed by atoms with E-state index in [1.54, 1.807) is 6.07 Å². The van der Waals surface area contributed by atoms with Crippen LogP contribution in [0.4, 0.5) is 16.2 Å². The third kappa shape index (κ3) is 3.53. The van der Waals surface area contributed by atoms with Crippen molar-refractivity contribution >= 4 is 17.7 Å². The molecule has 0 spiro atoms. The van der Waals surface area contributed by atoms with Gasteiger partial charge in [-0.05, 0) is 31.4 Å². The Hall–Kier alpha value is -2.77. The number of rotatable bonds is 3. The van der Waals surface area contributed by atoms with Crippen molar-refractivity contribution in [2.24, 2.45) is 0 Å². The van der Waals surface area contributed by atoms with Crippen molar-refractivity contribution in [2.75, 3.05) is 17.6 Å². The fourth-order valence-electron chi connectivity index (χ4n) is 2.49. The van der Waals surface area contributed by atoms with Gasteiger partial charge < -0.3 is 16.4 Å². The molecule has 8 heteroatoms. The van der Waals surface area contributed by atoms with E-state index in [4.69, 9.17) is 5.73 Å². The molecule has 7 nitrogen and oxygen atoms in total. The Labute approximate surface area is 132 Å². The Bertz CT molecular complexity index is 706. The van der Waals surface area contributed by atoms with Gasteiger partial charge in [0.1, 0.15) is 11.9 Å². The van der Waals surface area contributed by atoms with Crippen molar-refractivity contribution in [3.8, 4) is 11.1 Å². The first-order valence-electron chi connectivity index (χ1n) is 7.42. The molecule has 0 aromatic carbocycles. The number of amides is 1. The van der Waals surface area contributed by atoms with E-state index in [-0.39, 0.29) is 17.9 Å². The molecule has 1 amide bonds. The molecule has 0 radical (unpaired) electrons. The molecule has 23 heavy (non-hydrogen) atoms. The number of nitrogens with zero attached hydrogens (tertiary/aromatic N) is 3. The van der Waals surface area contributed by atoms with E-state index in [0.717, 1.165) is 12.8 Å². The lowest BCUT2D eigenvalue weighted by molar-refractivity contribution is -0.121. The van der Waals surface area contributed by atoms with Crippen LogP contribution in [0.2, 0.25) is 0 Å². The molecule has 2 aromatic rings. The zero-order chi connectivity index (χ0) is 16.2. The second-order valence-electron chi connectivity index (χ2n) is 5.34. The van der Waals surface area contributed by atoms with Gasteiger partial charge in [-0.2, -0.15) is 9.37 Å². The number of hydrogen-bond acceptors (Lipinski definition) is 6. The molecule has 120 valence electrons. The number of carbonyl (C=O) groups is 1. The Morgan fingerprint density at radius 1 is 1.26 bits per heavy atom. The smallest absolute Gasteiger partial charge is 0.242 e. The summed E-state index contributed by atoms with van der Waals surface area (Å²) in [6.45, 7) is 0.678. The number of hydrogen-bond donors (Lipinski definition) is 3. The predicted molar refractivity (Wildman–Crippen MR) is 83.9 cm³/mol. The van der Waals surface area contributed by atoms with Crippen molar-refractivity contribution in [1.82, 2.24) is 20.3 Å². The first kappa shape index (κ1) is 15.1. The van der Waals surface area contributed by atoms with Crippen LogP contribution in [0.1, 0.15) is 19.3 Å². The molecule has 1 aliphatic heterocycles. The summed E-state index contributed by atoms with van der Waals surface area (Å²) in [5, 5.41) is 5.99. The summed E-state index contributed by atoms with van der Waals surface area (Å²) in [6.07, 6.45) is 5.52. The highest BCUT2D eigenvalue weighted by Gasteiger charge is 2.22. The quantitative estimate of drug-likeness (QED) is 0.738. The standard InChI is InChI=1S/C15H17FN6O/c16-12-5-4-9(7-19-12)10-8-20-15(17)22-13(10)21-11-3-1-2-6-18-14(11)23/h4-5,7-8,11H,1-3,6H2,(H,18,23)(H3,17,20,21,22). The van der Waals surface area contributed by atoms with Gasteiger partial charge in [0.05, 0.1) is 0 Å². The number of nitrogen functional groups attached to an aromatic ring is 1. The lowest BCUT2D eigenvalue weighted by Gasteiger charge is -2.18. The van der Waals surface area contributed by atoms with E-state index in [9.17, 15) is 9.18 Å². The Morgan fingerprint density at radius 2 is 2.13 bits per heavy atom. The van der Waals surface area contributed by atoms with Gasteiger partial charge in [-0.15, -0.1) is 0 Å². The van der Waals surface area contributed by atoms with Crippen LogP contribution < -0.4 is 16.4 Å². The minimum Gasteiger partial charge on any atom is -0.368 e. The van der Waals surface area contributed by atoms with E-state index < -0.39 is 5.95 Å². The van der Waals surface area contributed by atoms with Crippen LogP contribution in [0.5, 0.6) is 0 Å². The van der Waals surface area contributed by atoms with Crippen molar-refractivity contribution in [3.63, 3.8) is 0 Å². The number of nitrogens with two attached hydrogens (primary N) is 1. The van der Waals surface area contributed by atoms with Crippen molar-refractivity contribution in [1.29, 1.82) is 0 Å². The third-order valence-corrected chi connectivity index (χ3v) is 3.69. The zero-order valence-electron chi connectivity index (χ0n) is 12.4. The highest BCUT2D eigenvalue weighted by atomic mass is 19.1. The number of anilines is 2. The van der Waals surface area contributed by atoms with Crippen LogP contribution in [0.3, 0.4) is 0 Å². The number of pyridine rings is 1. The van der Waals surface area contributed by atoms with Gasteiger partial charge in [0.15, 0.2) is 0 Å². The molecule has 2 aromatic heterocycles. The normalized spacial score (nSPS) is 18.1. The molecule has 1 unspecified atom stereocenters. The maximum Gasteiger partial charge on any atom is 0.242 e. The average Bonchev–Trinajstić information content (AvgIpc) is 2.74. The van der Waals surface area contributed by atoms with E-state index in [1.165, 1.54) is 18.5 Å². The molecule has 4 N–H and O–H groups in total. The van der Waals surface area contributed by atoms with Gasteiger partial charge in [-0.3, -0.25) is 4.79 Å². The summed E-state index contributed by atoms with van der Waals surface area (Å²) < 4.78 is 13.0. The molecule has 1 fully saturated rings. The SMILES string of the molecule is Nc1ncc(-c2ccc(F)nc2)c(NC2CCCCNC2=O)n1. The first-order chi connectivity index (χ1) is 11.1. The van der Waals surface area contributed by atoms with Crippen LogP contribution in [-0.2, 0) is 4.79 Å². The van der Waals surface area contributed by atoms with Crippen molar-refractivity contribution in [2.45, 2.75) is 25.3 Å². The number of carbonyl (C=O) groups excluding carboxylic acids is 1. The largest absolute Gasteiger partial charge is 0.368 e. The summed E-state index contributed by atoms with van der Waals surface area (Å²) >= 11 is 0. The molecule has 0 bridgehead atoms. The maximum absolute atomic E-state index is 13.0. The highest BCUT2D eigenvalue weighted by Crippen LogP contribution is 2.27. The summed E-state index contributed by atoms with van der Waals surface area (Å²) in [7, 11) is 0. The van der Waals surface area contributed by atoms with Gasteiger partial charge in [0.25, 0.3) is 0 Å². The average molecular weight is 316 g/mol. The van der Waals surface area contributed by atoms with Crippen LogP contribution >= 0.6 is 0 Å². The fraction of sp³-hybridized carbons (Fsp3) is 0.333. The summed E-state index contributed by atoms with van der Waals surface area (Å²) in [6, 6.07) is 2.45. The van der Waals surface area contributed by atoms with Gasteiger partial charge >= 0.3 is 0 Å². The maximum atomic E-state index is 13.0. The zero-order valence-corrected chi connectivity index (χ0v) is 12.4. The summed E-state index contributed by atoms with van der Waals surface area (Å²) in [5.74, 6) is -0.0982. The molecule has 3 heterocycles. The molecule has 1 aliphatic rings. The molecular weight excluding hydrogens is 299 g/mol. The Morgan fingerprint density at radius 3 is 2.91 bits per heavy atom. The predicted octanol–water partition coefficient (Wildman–Crippen LogP) is 1.34. The highest BCUT2D eigenvalue weighted by molar-refractivity contribution is 5.86. The van der Waals surface area contributed by atoms with Crippen LogP contribution in [-0.4, -0.2) is 33.4 Å². The monoisotopic (exact) mass is 316 g/mol. The second kappa shape index (κ2) is 6.55. The first-order valence-corrected chi connectivity index (χ1v) is 7.42.